The summed E-state index contributed by atoms with van der Waals surface area (Å²) in [7, 11) is 0. The van der Waals surface area contributed by atoms with E-state index >= 15 is 0 Å². The number of carboxylic acids is 3. The summed E-state index contributed by atoms with van der Waals surface area (Å²) in [6.45, 7) is 0. The smallest absolute Gasteiger partial charge is 0.326 e. The Balaban J connectivity index is 5.11. The Bertz CT molecular complexity index is 577. The Kier molecular flexibility index (Phi) is 8.55. The SMILES string of the molecule is NC(=O)CC(NC(=O)C(N)CC(=O)O)C(=O)NC(CC(=O)O)C(=O)O. The van der Waals surface area contributed by atoms with Gasteiger partial charge in [0.05, 0.1) is 25.3 Å². The molecule has 0 saturated heterocycles. The van der Waals surface area contributed by atoms with Crippen molar-refractivity contribution in [2.75, 3.05) is 0 Å². The lowest BCUT2D eigenvalue weighted by Crippen LogP contribution is -2.55. The average Bonchev–Trinajstić information content (AvgIpc) is 2.43. The molecule has 3 atom stereocenters. The van der Waals surface area contributed by atoms with Gasteiger partial charge in [0, 0.05) is 0 Å². The normalized spacial score (nSPS) is 13.8. The number of primary amides is 1. The van der Waals surface area contributed by atoms with Crippen LogP contribution >= 0.6 is 0 Å². The predicted molar refractivity (Wildman–Crippen MR) is 77.8 cm³/mol. The fourth-order valence-electron chi connectivity index (χ4n) is 1.62. The molecule has 0 aromatic carbocycles. The molecule has 0 rings (SSSR count). The van der Waals surface area contributed by atoms with Gasteiger partial charge in [-0.2, -0.15) is 0 Å². The van der Waals surface area contributed by atoms with E-state index in [0.29, 0.717) is 0 Å². The lowest BCUT2D eigenvalue weighted by atomic mass is 10.1. The molecule has 0 spiro atoms. The highest BCUT2D eigenvalue weighted by atomic mass is 16.4. The third-order valence-corrected chi connectivity index (χ3v) is 2.76. The summed E-state index contributed by atoms with van der Waals surface area (Å²) in [5, 5.41) is 29.8. The first-order chi connectivity index (χ1) is 11.4. The molecule has 13 nitrogen and oxygen atoms in total. The summed E-state index contributed by atoms with van der Waals surface area (Å²) in [5.41, 5.74) is 10.2. The number of hydrogen-bond acceptors (Lipinski definition) is 7. The standard InChI is InChI=1S/C12H18N4O9/c13-4(1-8(18)19)10(22)15-5(2-7(14)17)11(23)16-6(12(24)25)3-9(20)21/h4-6H,1-3,13H2,(H2,14,17)(H,15,22)(H,16,23)(H,18,19)(H,20,21)(H,24,25). The molecule has 13 heteroatoms. The van der Waals surface area contributed by atoms with Crippen molar-refractivity contribution in [3.05, 3.63) is 0 Å². The summed E-state index contributed by atoms with van der Waals surface area (Å²) in [4.78, 5) is 66.7. The summed E-state index contributed by atoms with van der Waals surface area (Å²) < 4.78 is 0. The second kappa shape index (κ2) is 9.82. The van der Waals surface area contributed by atoms with E-state index in [0.717, 1.165) is 0 Å². The number of amides is 3. The van der Waals surface area contributed by atoms with Crippen molar-refractivity contribution in [2.24, 2.45) is 11.5 Å². The molecular formula is C12H18N4O9. The van der Waals surface area contributed by atoms with Crippen molar-refractivity contribution >= 4 is 35.6 Å². The summed E-state index contributed by atoms with van der Waals surface area (Å²) in [6.07, 6.45) is -2.44. The van der Waals surface area contributed by atoms with Crippen molar-refractivity contribution in [2.45, 2.75) is 37.4 Å². The Morgan fingerprint density at radius 2 is 1.24 bits per heavy atom. The Morgan fingerprint density at radius 1 is 0.760 bits per heavy atom. The molecule has 0 aliphatic rings. The van der Waals surface area contributed by atoms with Gasteiger partial charge in [0.25, 0.3) is 0 Å². The molecule has 0 aromatic heterocycles. The second-order valence-electron chi connectivity index (χ2n) is 4.93. The minimum Gasteiger partial charge on any atom is -0.481 e. The fourth-order valence-corrected chi connectivity index (χ4v) is 1.62. The van der Waals surface area contributed by atoms with Crippen molar-refractivity contribution in [3.8, 4) is 0 Å². The van der Waals surface area contributed by atoms with Gasteiger partial charge in [-0.05, 0) is 0 Å². The maximum atomic E-state index is 12.0. The molecule has 0 radical (unpaired) electrons. The number of nitrogens with one attached hydrogen (secondary N) is 2. The molecule has 3 amide bonds. The number of carbonyl (C=O) groups excluding carboxylic acids is 3. The van der Waals surface area contributed by atoms with Gasteiger partial charge in [0.2, 0.25) is 17.7 Å². The monoisotopic (exact) mass is 362 g/mol. The second-order valence-corrected chi connectivity index (χ2v) is 4.93. The highest BCUT2D eigenvalue weighted by molar-refractivity contribution is 5.95. The molecule has 0 aliphatic carbocycles. The van der Waals surface area contributed by atoms with Crippen molar-refractivity contribution in [3.63, 3.8) is 0 Å². The van der Waals surface area contributed by atoms with Gasteiger partial charge >= 0.3 is 17.9 Å². The van der Waals surface area contributed by atoms with E-state index in [9.17, 15) is 28.8 Å². The summed E-state index contributed by atoms with van der Waals surface area (Å²) >= 11 is 0. The first-order valence-corrected chi connectivity index (χ1v) is 6.75. The van der Waals surface area contributed by atoms with Gasteiger partial charge in [-0.3, -0.25) is 24.0 Å². The Morgan fingerprint density at radius 3 is 1.64 bits per heavy atom. The number of carboxylic acid groups (broad SMARTS) is 3. The van der Waals surface area contributed by atoms with Crippen molar-refractivity contribution in [1.82, 2.24) is 10.6 Å². The molecule has 140 valence electrons. The van der Waals surface area contributed by atoms with Crippen LogP contribution in [0.25, 0.3) is 0 Å². The van der Waals surface area contributed by atoms with Crippen LogP contribution in [0.4, 0.5) is 0 Å². The molecular weight excluding hydrogens is 344 g/mol. The first kappa shape index (κ1) is 21.8. The molecule has 0 aromatic rings. The zero-order valence-electron chi connectivity index (χ0n) is 12.8. The molecule has 0 heterocycles. The van der Waals surface area contributed by atoms with Crippen LogP contribution in [0.15, 0.2) is 0 Å². The quantitative estimate of drug-likeness (QED) is 0.189. The van der Waals surface area contributed by atoms with E-state index in [4.69, 9.17) is 26.8 Å². The maximum Gasteiger partial charge on any atom is 0.326 e. The zero-order chi connectivity index (χ0) is 19.7. The van der Waals surface area contributed by atoms with Crippen LogP contribution in [0.5, 0.6) is 0 Å². The van der Waals surface area contributed by atoms with E-state index in [1.54, 1.807) is 0 Å². The van der Waals surface area contributed by atoms with Gasteiger partial charge in [-0.15, -0.1) is 0 Å². The molecule has 0 fully saturated rings. The van der Waals surface area contributed by atoms with Crippen LogP contribution in [0.1, 0.15) is 19.3 Å². The maximum absolute atomic E-state index is 12.0. The number of carbonyl (C=O) groups is 6. The molecule has 0 aliphatic heterocycles. The van der Waals surface area contributed by atoms with Gasteiger partial charge in [-0.1, -0.05) is 0 Å². The number of aliphatic carboxylic acids is 3. The molecule has 9 N–H and O–H groups in total. The van der Waals surface area contributed by atoms with E-state index in [1.165, 1.54) is 0 Å². The van der Waals surface area contributed by atoms with Gasteiger partial charge in [0.1, 0.15) is 12.1 Å². The van der Waals surface area contributed by atoms with Crippen LogP contribution in [-0.4, -0.2) is 69.1 Å². The molecule has 25 heavy (non-hydrogen) atoms. The largest absolute Gasteiger partial charge is 0.481 e. The number of rotatable bonds is 11. The van der Waals surface area contributed by atoms with Crippen LogP contribution in [0, 0.1) is 0 Å². The van der Waals surface area contributed by atoms with Crippen LogP contribution < -0.4 is 22.1 Å². The van der Waals surface area contributed by atoms with Crippen molar-refractivity contribution in [1.29, 1.82) is 0 Å². The Labute approximate surface area is 140 Å². The van der Waals surface area contributed by atoms with E-state index in [2.05, 4.69) is 0 Å². The van der Waals surface area contributed by atoms with Gasteiger partial charge in [-0.25, -0.2) is 4.79 Å². The lowest BCUT2D eigenvalue weighted by molar-refractivity contribution is -0.147. The third kappa shape index (κ3) is 8.85. The highest BCUT2D eigenvalue weighted by Gasteiger charge is 2.30. The topological polar surface area (TPSA) is 239 Å². The van der Waals surface area contributed by atoms with Gasteiger partial charge < -0.3 is 37.4 Å². The predicted octanol–water partition coefficient (Wildman–Crippen LogP) is -3.81. The summed E-state index contributed by atoms with van der Waals surface area (Å²) in [6, 6.07) is -5.00. The van der Waals surface area contributed by atoms with E-state index in [1.807, 2.05) is 10.6 Å². The van der Waals surface area contributed by atoms with E-state index in [-0.39, 0.29) is 0 Å². The minimum absolute atomic E-state index is 0.739. The van der Waals surface area contributed by atoms with Crippen LogP contribution in [0.3, 0.4) is 0 Å². The third-order valence-electron chi connectivity index (χ3n) is 2.76. The Hall–Kier alpha value is -3.22. The number of nitrogens with two attached hydrogens (primary N) is 2. The average molecular weight is 362 g/mol. The fraction of sp³-hybridized carbons (Fsp3) is 0.500. The first-order valence-electron chi connectivity index (χ1n) is 6.75. The van der Waals surface area contributed by atoms with Crippen LogP contribution in [0.2, 0.25) is 0 Å². The van der Waals surface area contributed by atoms with E-state index < -0.39 is 73.0 Å². The van der Waals surface area contributed by atoms with Crippen LogP contribution in [-0.2, 0) is 28.8 Å². The number of hydrogen-bond donors (Lipinski definition) is 7. The molecule has 3 unspecified atom stereocenters. The molecule has 0 bridgehead atoms. The summed E-state index contributed by atoms with van der Waals surface area (Å²) in [5.74, 6) is -7.85. The van der Waals surface area contributed by atoms with Crippen molar-refractivity contribution < 1.29 is 44.1 Å². The lowest BCUT2D eigenvalue weighted by Gasteiger charge is -2.21. The zero-order valence-corrected chi connectivity index (χ0v) is 12.8. The van der Waals surface area contributed by atoms with Gasteiger partial charge in [0.15, 0.2) is 0 Å². The molecule has 0 saturated carbocycles. The highest BCUT2D eigenvalue weighted by Crippen LogP contribution is 1.99. The minimum atomic E-state index is -1.81.